The first-order valence-electron chi connectivity index (χ1n) is 5.77. The fraction of sp³-hybridized carbons (Fsp3) is 0.0667. The standard InChI is InChI=1S/C15H9Cl2F3O/c1-2-9-3-4-14(21-15(18,19)20)13(5-9)10-6-11(16)8-12(17)7-10/h2-8H,1H2. The van der Waals surface area contributed by atoms with E-state index in [0.29, 0.717) is 21.2 Å². The number of benzene rings is 2. The second-order valence-corrected chi connectivity index (χ2v) is 5.04. The van der Waals surface area contributed by atoms with E-state index in [-0.39, 0.29) is 11.3 Å². The van der Waals surface area contributed by atoms with Crippen LogP contribution in [0, 0.1) is 0 Å². The minimum atomic E-state index is -4.78. The molecular formula is C15H9Cl2F3O. The molecule has 0 aromatic heterocycles. The summed E-state index contributed by atoms with van der Waals surface area (Å²) in [6.45, 7) is 3.59. The minimum Gasteiger partial charge on any atom is -0.405 e. The summed E-state index contributed by atoms with van der Waals surface area (Å²) < 4.78 is 41.5. The highest BCUT2D eigenvalue weighted by Crippen LogP contribution is 2.37. The zero-order valence-electron chi connectivity index (χ0n) is 10.5. The molecule has 110 valence electrons. The topological polar surface area (TPSA) is 9.23 Å². The third kappa shape index (κ3) is 4.16. The molecule has 0 N–H and O–H groups in total. The van der Waals surface area contributed by atoms with E-state index in [0.717, 1.165) is 0 Å². The molecule has 0 heterocycles. The van der Waals surface area contributed by atoms with Gasteiger partial charge in [-0.15, -0.1) is 13.2 Å². The smallest absolute Gasteiger partial charge is 0.405 e. The van der Waals surface area contributed by atoms with Gasteiger partial charge < -0.3 is 4.74 Å². The van der Waals surface area contributed by atoms with Gasteiger partial charge in [-0.05, 0) is 41.5 Å². The van der Waals surface area contributed by atoms with E-state index >= 15 is 0 Å². The Morgan fingerprint density at radius 1 is 1.00 bits per heavy atom. The summed E-state index contributed by atoms with van der Waals surface area (Å²) in [5, 5.41) is 0.638. The van der Waals surface area contributed by atoms with Crippen molar-refractivity contribution in [2.75, 3.05) is 0 Å². The van der Waals surface area contributed by atoms with Gasteiger partial charge in [0, 0.05) is 15.6 Å². The van der Waals surface area contributed by atoms with Gasteiger partial charge in [0.2, 0.25) is 0 Å². The van der Waals surface area contributed by atoms with Crippen molar-refractivity contribution < 1.29 is 17.9 Å². The Morgan fingerprint density at radius 2 is 1.62 bits per heavy atom. The number of alkyl halides is 3. The van der Waals surface area contributed by atoms with Gasteiger partial charge in [0.1, 0.15) is 5.75 Å². The number of ether oxygens (including phenoxy) is 1. The summed E-state index contributed by atoms with van der Waals surface area (Å²) in [5.74, 6) is -0.327. The molecule has 0 amide bonds. The molecule has 21 heavy (non-hydrogen) atoms. The summed E-state index contributed by atoms with van der Waals surface area (Å²) in [4.78, 5) is 0. The molecule has 0 radical (unpaired) electrons. The highest BCUT2D eigenvalue weighted by Gasteiger charge is 2.32. The molecule has 1 nitrogen and oxygen atoms in total. The zero-order valence-corrected chi connectivity index (χ0v) is 12.1. The van der Waals surface area contributed by atoms with Gasteiger partial charge in [-0.3, -0.25) is 0 Å². The van der Waals surface area contributed by atoms with Crippen molar-refractivity contribution in [3.8, 4) is 16.9 Å². The van der Waals surface area contributed by atoms with E-state index in [1.807, 2.05) is 0 Å². The molecule has 0 fully saturated rings. The van der Waals surface area contributed by atoms with Crippen LogP contribution in [0.3, 0.4) is 0 Å². The maximum Gasteiger partial charge on any atom is 0.573 e. The van der Waals surface area contributed by atoms with Gasteiger partial charge in [0.05, 0.1) is 0 Å². The molecule has 0 unspecified atom stereocenters. The number of rotatable bonds is 3. The summed E-state index contributed by atoms with van der Waals surface area (Å²) >= 11 is 11.8. The quantitative estimate of drug-likeness (QED) is 0.649. The van der Waals surface area contributed by atoms with E-state index in [1.165, 1.54) is 42.5 Å². The van der Waals surface area contributed by atoms with Crippen LogP contribution in [-0.4, -0.2) is 6.36 Å². The highest BCUT2D eigenvalue weighted by molar-refractivity contribution is 6.35. The Morgan fingerprint density at radius 3 is 2.14 bits per heavy atom. The van der Waals surface area contributed by atoms with Gasteiger partial charge in [-0.25, -0.2) is 0 Å². The molecule has 6 heteroatoms. The number of hydrogen-bond acceptors (Lipinski definition) is 1. The molecule has 2 rings (SSSR count). The van der Waals surface area contributed by atoms with Crippen molar-refractivity contribution in [2.24, 2.45) is 0 Å². The van der Waals surface area contributed by atoms with Crippen molar-refractivity contribution in [1.82, 2.24) is 0 Å². The van der Waals surface area contributed by atoms with Crippen LogP contribution in [0.15, 0.2) is 43.0 Å². The lowest BCUT2D eigenvalue weighted by Crippen LogP contribution is -2.17. The summed E-state index contributed by atoms with van der Waals surface area (Å²) in [7, 11) is 0. The van der Waals surface area contributed by atoms with Gasteiger partial charge in [0.15, 0.2) is 0 Å². The molecule has 0 spiro atoms. The van der Waals surface area contributed by atoms with Gasteiger partial charge in [0.25, 0.3) is 0 Å². The fourth-order valence-electron chi connectivity index (χ4n) is 1.82. The third-order valence-electron chi connectivity index (χ3n) is 2.64. The first-order valence-corrected chi connectivity index (χ1v) is 6.53. The Hall–Kier alpha value is -1.65. The first-order chi connectivity index (χ1) is 9.78. The van der Waals surface area contributed by atoms with E-state index in [2.05, 4.69) is 11.3 Å². The van der Waals surface area contributed by atoms with Gasteiger partial charge in [-0.1, -0.05) is 41.9 Å². The van der Waals surface area contributed by atoms with Gasteiger partial charge >= 0.3 is 6.36 Å². The van der Waals surface area contributed by atoms with E-state index in [4.69, 9.17) is 23.2 Å². The van der Waals surface area contributed by atoms with Crippen LogP contribution >= 0.6 is 23.2 Å². The van der Waals surface area contributed by atoms with Crippen LogP contribution in [0.5, 0.6) is 5.75 Å². The molecule has 0 saturated carbocycles. The van der Waals surface area contributed by atoms with Crippen LogP contribution < -0.4 is 4.74 Å². The summed E-state index contributed by atoms with van der Waals surface area (Å²) in [6.07, 6.45) is -3.26. The SMILES string of the molecule is C=Cc1ccc(OC(F)(F)F)c(-c2cc(Cl)cc(Cl)c2)c1. The lowest BCUT2D eigenvalue weighted by Gasteiger charge is -2.14. The van der Waals surface area contributed by atoms with Crippen LogP contribution in [0.1, 0.15) is 5.56 Å². The molecule has 2 aromatic rings. The normalized spacial score (nSPS) is 11.3. The van der Waals surface area contributed by atoms with Crippen LogP contribution in [0.2, 0.25) is 10.0 Å². The Kier molecular flexibility index (Phi) is 4.49. The first kappa shape index (κ1) is 15.7. The molecular weight excluding hydrogens is 324 g/mol. The lowest BCUT2D eigenvalue weighted by molar-refractivity contribution is -0.274. The van der Waals surface area contributed by atoms with Crippen LogP contribution in [0.25, 0.3) is 17.2 Å². The van der Waals surface area contributed by atoms with Crippen molar-refractivity contribution >= 4 is 29.3 Å². The Labute approximate surface area is 129 Å². The predicted octanol–water partition coefficient (Wildman–Crippen LogP) is 6.20. The maximum absolute atomic E-state index is 12.5. The van der Waals surface area contributed by atoms with E-state index < -0.39 is 6.36 Å². The largest absolute Gasteiger partial charge is 0.573 e. The second-order valence-electron chi connectivity index (χ2n) is 4.17. The molecule has 0 aliphatic rings. The third-order valence-corrected chi connectivity index (χ3v) is 3.08. The van der Waals surface area contributed by atoms with E-state index in [1.54, 1.807) is 0 Å². The van der Waals surface area contributed by atoms with Crippen molar-refractivity contribution in [1.29, 1.82) is 0 Å². The fourth-order valence-corrected chi connectivity index (χ4v) is 2.35. The average molecular weight is 333 g/mol. The molecule has 0 bridgehead atoms. The Balaban J connectivity index is 2.60. The van der Waals surface area contributed by atoms with E-state index in [9.17, 15) is 13.2 Å². The monoisotopic (exact) mass is 332 g/mol. The predicted molar refractivity (Wildman–Crippen MR) is 78.7 cm³/mol. The highest BCUT2D eigenvalue weighted by atomic mass is 35.5. The molecule has 0 atom stereocenters. The zero-order chi connectivity index (χ0) is 15.6. The molecule has 0 aliphatic carbocycles. The Bertz CT molecular complexity index is 661. The summed E-state index contributed by atoms with van der Waals surface area (Å²) in [6, 6.07) is 8.75. The minimum absolute atomic E-state index is 0.231. The average Bonchev–Trinajstić information content (AvgIpc) is 2.36. The van der Waals surface area contributed by atoms with Crippen LogP contribution in [-0.2, 0) is 0 Å². The molecule has 0 saturated heterocycles. The summed E-state index contributed by atoms with van der Waals surface area (Å²) in [5.41, 5.74) is 1.31. The van der Waals surface area contributed by atoms with Crippen molar-refractivity contribution in [3.63, 3.8) is 0 Å². The van der Waals surface area contributed by atoms with Crippen molar-refractivity contribution in [2.45, 2.75) is 6.36 Å². The number of halogens is 5. The molecule has 0 aliphatic heterocycles. The maximum atomic E-state index is 12.5. The van der Waals surface area contributed by atoms with Crippen LogP contribution in [0.4, 0.5) is 13.2 Å². The second kappa shape index (κ2) is 6.00. The van der Waals surface area contributed by atoms with Crippen molar-refractivity contribution in [3.05, 3.63) is 58.6 Å². The number of hydrogen-bond donors (Lipinski definition) is 0. The molecule has 2 aromatic carbocycles. The van der Waals surface area contributed by atoms with Gasteiger partial charge in [-0.2, -0.15) is 0 Å². The lowest BCUT2D eigenvalue weighted by atomic mass is 10.0.